The zero-order valence-electron chi connectivity index (χ0n) is 11.8. The number of hydrogen-bond acceptors (Lipinski definition) is 2. The van der Waals surface area contributed by atoms with Gasteiger partial charge in [0.05, 0.1) is 6.42 Å². The first-order valence-corrected chi connectivity index (χ1v) is 7.67. The van der Waals surface area contributed by atoms with Crippen LogP contribution in [0.3, 0.4) is 0 Å². The molecule has 0 aliphatic carbocycles. The molecule has 0 spiro atoms. The molecule has 1 heterocycles. The monoisotopic (exact) mass is 252 g/mol. The average Bonchev–Trinajstić information content (AvgIpc) is 2.57. The minimum Gasteiger partial charge on any atom is -0.462 e. The van der Waals surface area contributed by atoms with Gasteiger partial charge in [0.15, 0.2) is 0 Å². The molecule has 0 radical (unpaired) electrons. The van der Waals surface area contributed by atoms with Crippen LogP contribution in [-0.4, -0.2) is 12.1 Å². The van der Waals surface area contributed by atoms with Gasteiger partial charge >= 0.3 is 5.97 Å². The number of carbonyl (C=O) groups is 1. The average molecular weight is 252 g/mol. The fourth-order valence-electron chi connectivity index (χ4n) is 2.39. The molecule has 1 unspecified atom stereocenters. The van der Waals surface area contributed by atoms with E-state index >= 15 is 0 Å². The molecule has 1 atom stereocenters. The van der Waals surface area contributed by atoms with Gasteiger partial charge in [-0.3, -0.25) is 4.79 Å². The third kappa shape index (κ3) is 7.52. The van der Waals surface area contributed by atoms with Gasteiger partial charge in [-0.15, -0.1) is 0 Å². The Balaban J connectivity index is 1.94. The Kier molecular flexibility index (Phi) is 8.62. The van der Waals surface area contributed by atoms with Crippen LogP contribution in [0.1, 0.15) is 77.6 Å². The fourth-order valence-corrected chi connectivity index (χ4v) is 2.39. The number of esters is 1. The maximum atomic E-state index is 11.3. The molecule has 0 fully saturated rings. The minimum absolute atomic E-state index is 0.0617. The Bertz CT molecular complexity index is 245. The van der Waals surface area contributed by atoms with Crippen molar-refractivity contribution in [3.8, 4) is 0 Å². The lowest BCUT2D eigenvalue weighted by Crippen LogP contribution is -2.15. The number of hydrogen-bond donors (Lipinski definition) is 0. The molecule has 0 N–H and O–H groups in total. The Morgan fingerprint density at radius 3 is 2.44 bits per heavy atom. The maximum Gasteiger partial charge on any atom is 0.309 e. The molecule has 2 nitrogen and oxygen atoms in total. The van der Waals surface area contributed by atoms with Gasteiger partial charge in [0.1, 0.15) is 6.10 Å². The highest BCUT2D eigenvalue weighted by Gasteiger charge is 2.14. The SMILES string of the molecule is CCCCCCCCCCC1CC=CCC(=O)O1. The third-order valence-corrected chi connectivity index (χ3v) is 3.53. The molecule has 0 aromatic carbocycles. The van der Waals surface area contributed by atoms with Gasteiger partial charge in [-0.2, -0.15) is 0 Å². The molecule has 0 saturated heterocycles. The van der Waals surface area contributed by atoms with E-state index in [9.17, 15) is 4.79 Å². The quantitative estimate of drug-likeness (QED) is 0.335. The summed E-state index contributed by atoms with van der Waals surface area (Å²) < 4.78 is 5.37. The van der Waals surface area contributed by atoms with E-state index in [0.717, 1.165) is 12.8 Å². The van der Waals surface area contributed by atoms with Crippen molar-refractivity contribution >= 4 is 5.97 Å². The second-order valence-corrected chi connectivity index (χ2v) is 5.29. The van der Waals surface area contributed by atoms with Crippen molar-refractivity contribution in [3.05, 3.63) is 12.2 Å². The van der Waals surface area contributed by atoms with Crippen LogP contribution >= 0.6 is 0 Å². The molecule has 2 heteroatoms. The van der Waals surface area contributed by atoms with Gasteiger partial charge in [-0.05, 0) is 12.8 Å². The molecule has 0 aromatic heterocycles. The second-order valence-electron chi connectivity index (χ2n) is 5.29. The predicted molar refractivity (Wildman–Crippen MR) is 75.5 cm³/mol. The lowest BCUT2D eigenvalue weighted by Gasteiger charge is -2.14. The zero-order valence-corrected chi connectivity index (χ0v) is 11.8. The van der Waals surface area contributed by atoms with Crippen LogP contribution in [0.25, 0.3) is 0 Å². The number of cyclic esters (lactones) is 1. The van der Waals surface area contributed by atoms with Crippen molar-refractivity contribution in [2.45, 2.75) is 83.7 Å². The van der Waals surface area contributed by atoms with Crippen LogP contribution in [0, 0.1) is 0 Å². The molecule has 0 amide bonds. The van der Waals surface area contributed by atoms with Crippen LogP contribution < -0.4 is 0 Å². The molecule has 1 aliphatic heterocycles. The predicted octanol–water partition coefficient (Wildman–Crippen LogP) is 4.78. The van der Waals surface area contributed by atoms with Crippen LogP contribution in [0.4, 0.5) is 0 Å². The molecule has 1 aliphatic rings. The van der Waals surface area contributed by atoms with E-state index < -0.39 is 0 Å². The van der Waals surface area contributed by atoms with Gasteiger partial charge in [0, 0.05) is 6.42 Å². The summed E-state index contributed by atoms with van der Waals surface area (Å²) in [6, 6.07) is 0. The van der Waals surface area contributed by atoms with E-state index in [4.69, 9.17) is 4.74 Å². The first-order valence-electron chi connectivity index (χ1n) is 7.67. The summed E-state index contributed by atoms with van der Waals surface area (Å²) in [5, 5.41) is 0. The Hall–Kier alpha value is -0.790. The fraction of sp³-hybridized carbons (Fsp3) is 0.812. The highest BCUT2D eigenvalue weighted by atomic mass is 16.5. The summed E-state index contributed by atoms with van der Waals surface area (Å²) in [4.78, 5) is 11.3. The van der Waals surface area contributed by atoms with Crippen LogP contribution in [-0.2, 0) is 9.53 Å². The van der Waals surface area contributed by atoms with Crippen molar-refractivity contribution in [3.63, 3.8) is 0 Å². The maximum absolute atomic E-state index is 11.3. The summed E-state index contributed by atoms with van der Waals surface area (Å²) >= 11 is 0. The Morgan fingerprint density at radius 2 is 1.72 bits per heavy atom. The number of unbranched alkanes of at least 4 members (excludes halogenated alkanes) is 7. The number of carbonyl (C=O) groups excluding carboxylic acids is 1. The number of rotatable bonds is 9. The summed E-state index contributed by atoms with van der Waals surface area (Å²) in [5.41, 5.74) is 0. The van der Waals surface area contributed by atoms with Crippen LogP contribution in [0.5, 0.6) is 0 Å². The van der Waals surface area contributed by atoms with E-state index in [0.29, 0.717) is 6.42 Å². The highest BCUT2D eigenvalue weighted by Crippen LogP contribution is 2.16. The van der Waals surface area contributed by atoms with Crippen molar-refractivity contribution in [1.29, 1.82) is 0 Å². The van der Waals surface area contributed by atoms with E-state index in [2.05, 4.69) is 13.0 Å². The lowest BCUT2D eigenvalue weighted by atomic mass is 10.0. The second kappa shape index (κ2) is 10.2. The summed E-state index contributed by atoms with van der Waals surface area (Å²) in [5.74, 6) is -0.0617. The molecular weight excluding hydrogens is 224 g/mol. The Labute approximate surface area is 112 Å². The van der Waals surface area contributed by atoms with Gasteiger partial charge in [-0.25, -0.2) is 0 Å². The van der Waals surface area contributed by atoms with Crippen molar-refractivity contribution in [2.75, 3.05) is 0 Å². The van der Waals surface area contributed by atoms with E-state index in [1.54, 1.807) is 0 Å². The van der Waals surface area contributed by atoms with E-state index in [-0.39, 0.29) is 12.1 Å². The first-order chi connectivity index (χ1) is 8.83. The lowest BCUT2D eigenvalue weighted by molar-refractivity contribution is -0.147. The first kappa shape index (κ1) is 15.3. The van der Waals surface area contributed by atoms with Gasteiger partial charge in [-0.1, -0.05) is 64.0 Å². The molecular formula is C16H28O2. The van der Waals surface area contributed by atoms with Gasteiger partial charge in [0.2, 0.25) is 0 Å². The highest BCUT2D eigenvalue weighted by molar-refractivity contribution is 5.71. The van der Waals surface area contributed by atoms with E-state index in [1.807, 2.05) is 6.08 Å². The molecule has 0 saturated carbocycles. The van der Waals surface area contributed by atoms with Crippen molar-refractivity contribution < 1.29 is 9.53 Å². The van der Waals surface area contributed by atoms with Crippen molar-refractivity contribution in [1.82, 2.24) is 0 Å². The molecule has 104 valence electrons. The molecule has 1 rings (SSSR count). The third-order valence-electron chi connectivity index (χ3n) is 3.53. The summed E-state index contributed by atoms with van der Waals surface area (Å²) in [6.07, 6.45) is 17.2. The molecule has 0 bridgehead atoms. The number of ether oxygens (including phenoxy) is 1. The standard InChI is InChI=1S/C16H28O2/c1-2-3-4-5-6-7-8-9-12-15-13-10-11-14-16(17)18-15/h10-11,15H,2-9,12-14H2,1H3. The smallest absolute Gasteiger partial charge is 0.309 e. The summed E-state index contributed by atoms with van der Waals surface area (Å²) in [7, 11) is 0. The normalized spacial score (nSPS) is 19.6. The van der Waals surface area contributed by atoms with E-state index in [1.165, 1.54) is 51.4 Å². The van der Waals surface area contributed by atoms with Gasteiger partial charge in [0.25, 0.3) is 0 Å². The molecule has 18 heavy (non-hydrogen) atoms. The minimum atomic E-state index is -0.0617. The van der Waals surface area contributed by atoms with Crippen molar-refractivity contribution in [2.24, 2.45) is 0 Å². The van der Waals surface area contributed by atoms with Crippen LogP contribution in [0.2, 0.25) is 0 Å². The molecule has 0 aromatic rings. The van der Waals surface area contributed by atoms with Gasteiger partial charge < -0.3 is 4.74 Å². The topological polar surface area (TPSA) is 26.3 Å². The van der Waals surface area contributed by atoms with Crippen LogP contribution in [0.15, 0.2) is 12.2 Å². The summed E-state index contributed by atoms with van der Waals surface area (Å²) in [6.45, 7) is 2.25. The zero-order chi connectivity index (χ0) is 13.1. The Morgan fingerprint density at radius 1 is 1.06 bits per heavy atom. The largest absolute Gasteiger partial charge is 0.462 e.